The molecule has 15 heavy (non-hydrogen) atoms. The summed E-state index contributed by atoms with van der Waals surface area (Å²) in [7, 11) is 0.315. The third kappa shape index (κ3) is 4.46. The summed E-state index contributed by atoms with van der Waals surface area (Å²) in [5, 5.41) is 0. The Hall–Kier alpha value is -1.56. The zero-order valence-electron chi connectivity index (χ0n) is 8.50. The highest BCUT2D eigenvalue weighted by Gasteiger charge is 2.00. The number of carbonyl (C=O) groups excluding carboxylic acids is 1. The Bertz CT molecular complexity index is 440. The van der Waals surface area contributed by atoms with E-state index in [1.54, 1.807) is 19.1 Å². The lowest BCUT2D eigenvalue weighted by molar-refractivity contribution is 0.0998. The zero-order chi connectivity index (χ0) is 10.9. The smallest absolute Gasteiger partial charge is 0.174 e. The number of hydrogen-bond acceptors (Lipinski definition) is 1. The van der Waals surface area contributed by atoms with Gasteiger partial charge in [0, 0.05) is 14.1 Å². The number of benzene rings is 1. The van der Waals surface area contributed by atoms with Crippen LogP contribution in [0.15, 0.2) is 30.3 Å². The highest BCUT2D eigenvalue weighted by Crippen LogP contribution is 2.04. The van der Waals surface area contributed by atoms with Crippen LogP contribution in [0.5, 0.6) is 0 Å². The van der Waals surface area contributed by atoms with Gasteiger partial charge >= 0.3 is 0 Å². The summed E-state index contributed by atoms with van der Waals surface area (Å²) >= 11 is 0. The Labute approximate surface area is 92.1 Å². The van der Waals surface area contributed by atoms with Crippen LogP contribution in [-0.4, -0.2) is 5.78 Å². The first-order valence-electron chi connectivity index (χ1n) is 4.57. The molecule has 0 aliphatic rings. The molecule has 0 aliphatic heterocycles. The second-order valence-corrected chi connectivity index (χ2v) is 3.52. The van der Waals surface area contributed by atoms with Gasteiger partial charge in [0.05, 0.1) is 6.42 Å². The Balaban J connectivity index is 2.48. The number of rotatable bonds is 2. The van der Waals surface area contributed by atoms with Gasteiger partial charge in [-0.3, -0.25) is 4.79 Å². The molecule has 0 saturated carbocycles. The molecule has 1 rings (SSSR count). The average Bonchev–Trinajstić information content (AvgIpc) is 2.30. The molecule has 0 radical (unpaired) electrons. The SMILES string of the molecule is CC#CPC#CCC(=O)c1ccccc1. The van der Waals surface area contributed by atoms with Gasteiger partial charge in [-0.2, -0.15) is 0 Å². The van der Waals surface area contributed by atoms with Gasteiger partial charge < -0.3 is 0 Å². The quantitative estimate of drug-likeness (QED) is 0.420. The number of hydrogen-bond donors (Lipinski definition) is 0. The van der Waals surface area contributed by atoms with E-state index in [1.165, 1.54) is 0 Å². The lowest BCUT2D eigenvalue weighted by atomic mass is 10.1. The minimum atomic E-state index is 0.0670. The van der Waals surface area contributed by atoms with Crippen molar-refractivity contribution in [2.24, 2.45) is 0 Å². The molecule has 0 saturated heterocycles. The van der Waals surface area contributed by atoms with E-state index in [-0.39, 0.29) is 12.2 Å². The number of ketones is 1. The standard InChI is InChI=1S/C13H11OP/c1-2-10-15-11-6-9-13(14)12-7-4-3-5-8-12/h3-5,7-8,15H,9H2,1H3. The van der Waals surface area contributed by atoms with Crippen LogP contribution in [0, 0.1) is 23.2 Å². The van der Waals surface area contributed by atoms with E-state index in [2.05, 4.69) is 23.2 Å². The van der Waals surface area contributed by atoms with Crippen molar-refractivity contribution < 1.29 is 4.79 Å². The van der Waals surface area contributed by atoms with Gasteiger partial charge in [0.2, 0.25) is 0 Å². The van der Waals surface area contributed by atoms with Crippen LogP contribution in [0.3, 0.4) is 0 Å². The van der Waals surface area contributed by atoms with Crippen molar-refractivity contribution in [1.29, 1.82) is 0 Å². The Morgan fingerprint density at radius 2 is 2.00 bits per heavy atom. The molecule has 1 unspecified atom stereocenters. The molecular formula is C13H11OP. The monoisotopic (exact) mass is 214 g/mol. The lowest BCUT2D eigenvalue weighted by Crippen LogP contribution is -1.95. The maximum atomic E-state index is 11.5. The van der Waals surface area contributed by atoms with Crippen molar-refractivity contribution in [1.82, 2.24) is 0 Å². The average molecular weight is 214 g/mol. The van der Waals surface area contributed by atoms with Gasteiger partial charge in [-0.15, -0.1) is 5.92 Å². The van der Waals surface area contributed by atoms with Crippen LogP contribution in [0.2, 0.25) is 0 Å². The topological polar surface area (TPSA) is 17.1 Å². The minimum Gasteiger partial charge on any atom is -0.293 e. The molecule has 0 fully saturated rings. The Morgan fingerprint density at radius 1 is 1.27 bits per heavy atom. The van der Waals surface area contributed by atoms with Crippen molar-refractivity contribution in [3.05, 3.63) is 35.9 Å². The molecule has 74 valence electrons. The minimum absolute atomic E-state index is 0.0670. The van der Waals surface area contributed by atoms with Crippen molar-refractivity contribution in [3.63, 3.8) is 0 Å². The van der Waals surface area contributed by atoms with Crippen molar-refractivity contribution in [2.75, 3.05) is 0 Å². The van der Waals surface area contributed by atoms with E-state index < -0.39 is 0 Å². The van der Waals surface area contributed by atoms with Crippen molar-refractivity contribution >= 4 is 14.4 Å². The lowest BCUT2D eigenvalue weighted by Gasteiger charge is -1.93. The number of carbonyl (C=O) groups is 1. The van der Waals surface area contributed by atoms with Gasteiger partial charge in [-0.05, 0) is 6.92 Å². The first-order valence-corrected chi connectivity index (χ1v) is 5.57. The third-order valence-electron chi connectivity index (χ3n) is 1.68. The zero-order valence-corrected chi connectivity index (χ0v) is 9.50. The fourth-order valence-corrected chi connectivity index (χ4v) is 1.35. The van der Waals surface area contributed by atoms with Gasteiger partial charge in [-0.25, -0.2) is 0 Å². The van der Waals surface area contributed by atoms with Crippen LogP contribution in [-0.2, 0) is 0 Å². The molecule has 0 amide bonds. The molecule has 1 aromatic carbocycles. The summed E-state index contributed by atoms with van der Waals surface area (Å²) in [6.07, 6.45) is 0.280. The Morgan fingerprint density at radius 3 is 2.67 bits per heavy atom. The van der Waals surface area contributed by atoms with Gasteiger partial charge in [-0.1, -0.05) is 47.6 Å². The van der Waals surface area contributed by atoms with Crippen LogP contribution in [0.25, 0.3) is 0 Å². The first kappa shape index (κ1) is 11.5. The molecule has 0 heterocycles. The molecule has 2 heteroatoms. The highest BCUT2D eigenvalue weighted by atomic mass is 31.1. The fraction of sp³-hybridized carbons (Fsp3) is 0.154. The van der Waals surface area contributed by atoms with Crippen molar-refractivity contribution in [3.8, 4) is 23.2 Å². The molecule has 0 N–H and O–H groups in total. The van der Waals surface area contributed by atoms with E-state index in [4.69, 9.17) is 0 Å². The summed E-state index contributed by atoms with van der Waals surface area (Å²) in [5.74, 6) is 5.66. The maximum Gasteiger partial charge on any atom is 0.174 e. The predicted octanol–water partition coefficient (Wildman–Crippen LogP) is 2.88. The predicted molar refractivity (Wildman–Crippen MR) is 64.9 cm³/mol. The molecule has 0 aliphatic carbocycles. The highest BCUT2D eigenvalue weighted by molar-refractivity contribution is 7.49. The van der Waals surface area contributed by atoms with E-state index in [1.807, 2.05) is 18.2 Å². The van der Waals surface area contributed by atoms with Crippen LogP contribution < -0.4 is 0 Å². The summed E-state index contributed by atoms with van der Waals surface area (Å²) < 4.78 is 0. The van der Waals surface area contributed by atoms with Gasteiger partial charge in [0.25, 0.3) is 0 Å². The molecule has 0 aromatic heterocycles. The van der Waals surface area contributed by atoms with E-state index >= 15 is 0 Å². The van der Waals surface area contributed by atoms with E-state index in [9.17, 15) is 4.79 Å². The maximum absolute atomic E-state index is 11.5. The summed E-state index contributed by atoms with van der Waals surface area (Å²) in [4.78, 5) is 11.5. The second kappa shape index (κ2) is 6.83. The molecule has 0 spiro atoms. The fourth-order valence-electron chi connectivity index (χ4n) is 0.989. The molecule has 1 atom stereocenters. The molecule has 1 aromatic rings. The first-order chi connectivity index (χ1) is 7.34. The summed E-state index contributed by atoms with van der Waals surface area (Å²) in [5.41, 5.74) is 6.44. The summed E-state index contributed by atoms with van der Waals surface area (Å²) in [6.45, 7) is 1.78. The van der Waals surface area contributed by atoms with Crippen LogP contribution in [0.4, 0.5) is 0 Å². The third-order valence-corrected chi connectivity index (χ3v) is 2.36. The second-order valence-electron chi connectivity index (χ2n) is 2.77. The molecule has 0 bridgehead atoms. The van der Waals surface area contributed by atoms with Crippen LogP contribution in [0.1, 0.15) is 23.7 Å². The van der Waals surface area contributed by atoms with Crippen molar-refractivity contribution in [2.45, 2.75) is 13.3 Å². The largest absolute Gasteiger partial charge is 0.293 e. The summed E-state index contributed by atoms with van der Waals surface area (Å²) in [6, 6.07) is 9.20. The van der Waals surface area contributed by atoms with E-state index in [0.29, 0.717) is 8.58 Å². The van der Waals surface area contributed by atoms with Crippen LogP contribution >= 0.6 is 8.58 Å². The van der Waals surface area contributed by atoms with E-state index in [0.717, 1.165) is 5.56 Å². The normalized spacial score (nSPS) is 8.87. The molecule has 1 nitrogen and oxygen atoms in total. The van der Waals surface area contributed by atoms with Gasteiger partial charge in [0.15, 0.2) is 5.78 Å². The number of Topliss-reactive ketones (excluding diaryl/α,β-unsaturated/α-hetero) is 1. The Kier molecular flexibility index (Phi) is 5.24. The van der Waals surface area contributed by atoms with Gasteiger partial charge in [0.1, 0.15) is 0 Å². The molecular weight excluding hydrogens is 203 g/mol.